The smallest absolute Gasteiger partial charge is 0.307 e. The van der Waals surface area contributed by atoms with Crippen LogP contribution in [0.1, 0.15) is 38.5 Å². The van der Waals surface area contributed by atoms with Crippen LogP contribution < -0.4 is 5.32 Å². The molecule has 1 N–H and O–H groups in total. The summed E-state index contributed by atoms with van der Waals surface area (Å²) in [6.45, 7) is 0. The normalized spacial score (nSPS) is 25.6. The number of nitrogens with one attached hydrogen (secondary N) is 1. The van der Waals surface area contributed by atoms with Crippen LogP contribution in [0.3, 0.4) is 0 Å². The van der Waals surface area contributed by atoms with Gasteiger partial charge in [-0.1, -0.05) is 12.8 Å². The van der Waals surface area contributed by atoms with Crippen molar-refractivity contribution >= 4 is 11.4 Å². The Morgan fingerprint density at radius 1 is 1.10 bits per heavy atom. The molecular weight excluding hydrogens is 278 g/mol. The molecule has 1 aromatic carbocycles. The minimum absolute atomic E-state index is 0.0320. The Morgan fingerprint density at radius 3 is 2.52 bits per heavy atom. The Hall–Kier alpha value is -1.72. The van der Waals surface area contributed by atoms with Crippen molar-refractivity contribution in [2.75, 3.05) is 5.32 Å². The second-order valence-corrected chi connectivity index (χ2v) is 6.15. The summed E-state index contributed by atoms with van der Waals surface area (Å²) in [7, 11) is 0. The van der Waals surface area contributed by atoms with E-state index < -0.39 is 22.2 Å². The molecule has 0 bridgehead atoms. The van der Waals surface area contributed by atoms with Crippen LogP contribution in [0.2, 0.25) is 0 Å². The number of hydrogen-bond donors (Lipinski definition) is 1. The summed E-state index contributed by atoms with van der Waals surface area (Å²) in [5.41, 5.74) is -0.655. The minimum atomic E-state index is -1.14. The number of nitro benzene ring substituents is 1. The van der Waals surface area contributed by atoms with Crippen molar-refractivity contribution in [2.45, 2.75) is 44.6 Å². The van der Waals surface area contributed by atoms with Gasteiger partial charge in [-0.05, 0) is 37.5 Å². The maximum Gasteiger partial charge on any atom is 0.307 e. The van der Waals surface area contributed by atoms with Crippen molar-refractivity contribution in [1.29, 1.82) is 0 Å². The summed E-state index contributed by atoms with van der Waals surface area (Å²) in [6.07, 6.45) is 6.77. The fourth-order valence-corrected chi connectivity index (χ4v) is 3.36. The number of hydrogen-bond acceptors (Lipinski definition) is 3. The molecule has 1 aromatic rings. The van der Waals surface area contributed by atoms with E-state index in [0.29, 0.717) is 12.0 Å². The molecule has 2 aliphatic carbocycles. The van der Waals surface area contributed by atoms with Crippen LogP contribution in [-0.2, 0) is 0 Å². The number of nitrogens with zero attached hydrogens (tertiary/aromatic N) is 1. The molecule has 0 spiro atoms. The van der Waals surface area contributed by atoms with Crippen molar-refractivity contribution < 1.29 is 13.7 Å². The Kier molecular flexibility index (Phi) is 3.78. The lowest BCUT2D eigenvalue weighted by atomic mass is 9.82. The summed E-state index contributed by atoms with van der Waals surface area (Å²) in [6, 6.07) is 1.66. The van der Waals surface area contributed by atoms with Gasteiger partial charge in [0, 0.05) is 18.2 Å². The van der Waals surface area contributed by atoms with Crippen molar-refractivity contribution in [2.24, 2.45) is 11.8 Å². The zero-order valence-corrected chi connectivity index (χ0v) is 11.6. The van der Waals surface area contributed by atoms with Crippen LogP contribution in [0.15, 0.2) is 12.1 Å². The molecule has 0 aromatic heterocycles. The molecule has 0 amide bonds. The first-order valence-electron chi connectivity index (χ1n) is 7.44. The Bertz CT molecular complexity index is 561. The molecule has 4 nitrogen and oxygen atoms in total. The largest absolute Gasteiger partial charge is 0.380 e. The second-order valence-electron chi connectivity index (χ2n) is 6.15. The highest BCUT2D eigenvalue weighted by molar-refractivity contribution is 5.53. The average molecular weight is 296 g/mol. The van der Waals surface area contributed by atoms with Crippen LogP contribution >= 0.6 is 0 Å². The monoisotopic (exact) mass is 296 g/mol. The van der Waals surface area contributed by atoms with E-state index in [1.807, 2.05) is 0 Å². The Morgan fingerprint density at radius 2 is 1.86 bits per heavy atom. The van der Waals surface area contributed by atoms with Gasteiger partial charge in [0.15, 0.2) is 0 Å². The van der Waals surface area contributed by atoms with Gasteiger partial charge in [-0.25, -0.2) is 4.39 Å². The zero-order chi connectivity index (χ0) is 15.0. The van der Waals surface area contributed by atoms with Crippen molar-refractivity contribution in [3.63, 3.8) is 0 Å². The first kappa shape index (κ1) is 14.2. The van der Waals surface area contributed by atoms with Gasteiger partial charge < -0.3 is 5.32 Å². The van der Waals surface area contributed by atoms with Crippen LogP contribution in [0.4, 0.5) is 20.2 Å². The molecular formula is C15H18F2N2O2. The maximum absolute atomic E-state index is 13.8. The third-order valence-corrected chi connectivity index (χ3v) is 4.60. The Balaban J connectivity index is 1.74. The van der Waals surface area contributed by atoms with Crippen molar-refractivity contribution in [3.05, 3.63) is 33.9 Å². The Labute approximate surface area is 121 Å². The molecule has 21 heavy (non-hydrogen) atoms. The van der Waals surface area contributed by atoms with E-state index >= 15 is 0 Å². The van der Waals surface area contributed by atoms with Gasteiger partial charge in [0.25, 0.3) is 0 Å². The molecule has 0 saturated heterocycles. The lowest BCUT2D eigenvalue weighted by Crippen LogP contribution is -2.28. The van der Waals surface area contributed by atoms with Gasteiger partial charge in [-0.2, -0.15) is 4.39 Å². The average Bonchev–Trinajstić information content (AvgIpc) is 3.26. The molecule has 2 fully saturated rings. The predicted octanol–water partition coefficient (Wildman–Crippen LogP) is 4.25. The van der Waals surface area contributed by atoms with E-state index in [1.165, 1.54) is 19.3 Å². The van der Waals surface area contributed by atoms with Gasteiger partial charge in [0.1, 0.15) is 5.82 Å². The molecule has 0 aliphatic heterocycles. The van der Waals surface area contributed by atoms with Crippen LogP contribution in [0, 0.1) is 33.6 Å². The summed E-state index contributed by atoms with van der Waals surface area (Å²) in [5.74, 6) is -0.425. The number of anilines is 1. The molecule has 2 saturated carbocycles. The fraction of sp³-hybridized carbons (Fsp3) is 0.600. The minimum Gasteiger partial charge on any atom is -0.380 e. The summed E-state index contributed by atoms with van der Waals surface area (Å²) in [5, 5.41) is 13.8. The highest BCUT2D eigenvalue weighted by atomic mass is 19.1. The van der Waals surface area contributed by atoms with Crippen LogP contribution in [0.25, 0.3) is 0 Å². The number of nitro groups is 1. The topological polar surface area (TPSA) is 55.2 Å². The zero-order valence-electron chi connectivity index (χ0n) is 11.6. The molecule has 0 heterocycles. The molecule has 0 radical (unpaired) electrons. The second kappa shape index (κ2) is 5.58. The van der Waals surface area contributed by atoms with E-state index in [4.69, 9.17) is 0 Å². The third kappa shape index (κ3) is 3.14. The van der Waals surface area contributed by atoms with Crippen LogP contribution in [0.5, 0.6) is 0 Å². The van der Waals surface area contributed by atoms with Gasteiger partial charge in [0.05, 0.1) is 10.6 Å². The molecule has 2 atom stereocenters. The lowest BCUT2D eigenvalue weighted by Gasteiger charge is -2.30. The molecule has 2 unspecified atom stereocenters. The number of rotatable bonds is 4. The van der Waals surface area contributed by atoms with Gasteiger partial charge >= 0.3 is 5.69 Å². The van der Waals surface area contributed by atoms with E-state index in [1.54, 1.807) is 0 Å². The van der Waals surface area contributed by atoms with Crippen LogP contribution in [-0.4, -0.2) is 11.0 Å². The standard InChI is InChI=1S/C15H18F2N2O2/c16-12-7-13(17)15(19(20)21)8-14(12)18-11-3-1-2-10(6-11)9-4-5-9/h7-11,18H,1-6H2. The number of halogens is 2. The van der Waals surface area contributed by atoms with E-state index in [-0.39, 0.29) is 11.7 Å². The molecule has 2 aliphatic rings. The highest BCUT2D eigenvalue weighted by Crippen LogP contribution is 2.44. The molecule has 114 valence electrons. The third-order valence-electron chi connectivity index (χ3n) is 4.60. The lowest BCUT2D eigenvalue weighted by molar-refractivity contribution is -0.387. The molecule has 3 rings (SSSR count). The first-order chi connectivity index (χ1) is 10.0. The van der Waals surface area contributed by atoms with Gasteiger partial charge in [-0.3, -0.25) is 10.1 Å². The first-order valence-corrected chi connectivity index (χ1v) is 7.44. The van der Waals surface area contributed by atoms with Crippen molar-refractivity contribution in [3.8, 4) is 0 Å². The van der Waals surface area contributed by atoms with E-state index in [9.17, 15) is 18.9 Å². The summed E-state index contributed by atoms with van der Waals surface area (Å²) < 4.78 is 27.1. The molecule has 6 heteroatoms. The van der Waals surface area contributed by atoms with E-state index in [2.05, 4.69) is 5.32 Å². The van der Waals surface area contributed by atoms with E-state index in [0.717, 1.165) is 31.2 Å². The fourth-order valence-electron chi connectivity index (χ4n) is 3.36. The number of benzene rings is 1. The summed E-state index contributed by atoms with van der Waals surface area (Å²) >= 11 is 0. The quantitative estimate of drug-likeness (QED) is 0.667. The highest BCUT2D eigenvalue weighted by Gasteiger charge is 2.35. The maximum atomic E-state index is 13.8. The van der Waals surface area contributed by atoms with Crippen molar-refractivity contribution in [1.82, 2.24) is 0 Å². The van der Waals surface area contributed by atoms with Gasteiger partial charge in [-0.15, -0.1) is 0 Å². The summed E-state index contributed by atoms with van der Waals surface area (Å²) in [4.78, 5) is 9.92. The SMILES string of the molecule is O=[N+]([O-])c1cc(NC2CCCC(C3CC3)C2)c(F)cc1F. The van der Waals surface area contributed by atoms with Gasteiger partial charge in [0.2, 0.25) is 5.82 Å². The predicted molar refractivity (Wildman–Crippen MR) is 75.1 cm³/mol.